The lowest BCUT2D eigenvalue weighted by Crippen LogP contribution is -2.37. The fourth-order valence-electron chi connectivity index (χ4n) is 1.60. The van der Waals surface area contributed by atoms with Gasteiger partial charge in [0.25, 0.3) is 0 Å². The zero-order valence-corrected chi connectivity index (χ0v) is 15.5. The number of rotatable bonds is 7. The summed E-state index contributed by atoms with van der Waals surface area (Å²) in [5, 5.41) is 5.94. The van der Waals surface area contributed by atoms with E-state index in [0.717, 1.165) is 6.07 Å². The summed E-state index contributed by atoms with van der Waals surface area (Å²) in [6.45, 7) is 6.70. The summed E-state index contributed by atoms with van der Waals surface area (Å²) in [5.74, 6) is -0.488. The van der Waals surface area contributed by atoms with Crippen LogP contribution < -0.4 is 10.6 Å². The van der Waals surface area contributed by atoms with Gasteiger partial charge in [0.2, 0.25) is 0 Å². The first kappa shape index (κ1) is 20.8. The van der Waals surface area contributed by atoms with Gasteiger partial charge in [-0.2, -0.15) is 0 Å². The summed E-state index contributed by atoms with van der Waals surface area (Å²) in [7, 11) is -3.68. The maximum Gasteiger partial charge on any atom is 0.191 e. The highest BCUT2D eigenvalue weighted by Crippen LogP contribution is 2.14. The zero-order chi connectivity index (χ0) is 15.7. The number of hydrogen-bond acceptors (Lipinski definition) is 3. The average molecular weight is 441 g/mol. The second-order valence-electron chi connectivity index (χ2n) is 4.18. The molecule has 0 radical (unpaired) electrons. The molecule has 5 nitrogen and oxygen atoms in total. The fraction of sp³-hybridized carbons (Fsp3) is 0.357. The van der Waals surface area contributed by atoms with Gasteiger partial charge < -0.3 is 10.6 Å². The SMILES string of the molecule is C=CCNC(=NCCS(=O)(=O)c1ccccc1F)NCC.I. The minimum Gasteiger partial charge on any atom is -0.357 e. The molecule has 0 aromatic heterocycles. The molecular weight excluding hydrogens is 420 g/mol. The number of benzene rings is 1. The van der Waals surface area contributed by atoms with Crippen LogP contribution in [-0.4, -0.2) is 39.8 Å². The van der Waals surface area contributed by atoms with Crippen LogP contribution in [0.1, 0.15) is 6.92 Å². The largest absolute Gasteiger partial charge is 0.357 e. The Morgan fingerprint density at radius 1 is 1.36 bits per heavy atom. The summed E-state index contributed by atoms with van der Waals surface area (Å²) in [4.78, 5) is 3.85. The van der Waals surface area contributed by atoms with E-state index in [0.29, 0.717) is 19.0 Å². The van der Waals surface area contributed by atoms with E-state index >= 15 is 0 Å². The highest BCUT2D eigenvalue weighted by molar-refractivity contribution is 14.0. The predicted molar refractivity (Wildman–Crippen MR) is 98.0 cm³/mol. The van der Waals surface area contributed by atoms with Crippen LogP contribution in [0.15, 0.2) is 46.8 Å². The van der Waals surface area contributed by atoms with Crippen LogP contribution in [0, 0.1) is 5.82 Å². The van der Waals surface area contributed by atoms with Crippen LogP contribution in [0.4, 0.5) is 4.39 Å². The molecule has 0 heterocycles. The van der Waals surface area contributed by atoms with Crippen LogP contribution in [0.5, 0.6) is 0 Å². The number of nitrogens with one attached hydrogen (secondary N) is 2. The lowest BCUT2D eigenvalue weighted by molar-refractivity contribution is 0.567. The third kappa shape index (κ3) is 6.73. The van der Waals surface area contributed by atoms with E-state index < -0.39 is 15.7 Å². The van der Waals surface area contributed by atoms with Crippen molar-refractivity contribution < 1.29 is 12.8 Å². The van der Waals surface area contributed by atoms with Gasteiger partial charge >= 0.3 is 0 Å². The van der Waals surface area contributed by atoms with Crippen molar-refractivity contribution in [3.8, 4) is 0 Å². The van der Waals surface area contributed by atoms with Crippen molar-refractivity contribution in [1.29, 1.82) is 0 Å². The predicted octanol–water partition coefficient (Wildman–Crippen LogP) is 1.96. The summed E-state index contributed by atoms with van der Waals surface area (Å²) >= 11 is 0. The maximum atomic E-state index is 13.5. The molecule has 22 heavy (non-hydrogen) atoms. The first-order chi connectivity index (χ1) is 10.0. The van der Waals surface area contributed by atoms with E-state index in [1.807, 2.05) is 6.92 Å². The molecule has 0 saturated heterocycles. The molecule has 0 amide bonds. The molecule has 1 aromatic rings. The number of nitrogens with zero attached hydrogens (tertiary/aromatic N) is 1. The Balaban J connectivity index is 0.00000441. The summed E-state index contributed by atoms with van der Waals surface area (Å²) < 4.78 is 37.6. The molecule has 0 bridgehead atoms. The molecular formula is C14H21FIN3O2S. The van der Waals surface area contributed by atoms with Crippen molar-refractivity contribution >= 4 is 39.8 Å². The first-order valence-electron chi connectivity index (χ1n) is 6.61. The van der Waals surface area contributed by atoms with Crippen LogP contribution in [0.25, 0.3) is 0 Å². The normalized spacial score (nSPS) is 11.5. The molecule has 0 saturated carbocycles. The van der Waals surface area contributed by atoms with Crippen LogP contribution in [-0.2, 0) is 9.84 Å². The van der Waals surface area contributed by atoms with Crippen molar-refractivity contribution in [3.05, 3.63) is 42.7 Å². The molecule has 8 heteroatoms. The second kappa shape index (κ2) is 10.5. The molecule has 2 N–H and O–H groups in total. The van der Waals surface area contributed by atoms with Crippen LogP contribution in [0.2, 0.25) is 0 Å². The second-order valence-corrected chi connectivity index (χ2v) is 6.26. The standard InChI is InChI=1S/C14H20FN3O2S.HI/c1-3-9-17-14(16-4-2)18-10-11-21(19,20)13-8-6-5-7-12(13)15;/h3,5-8H,1,4,9-11H2,2H3,(H2,16,17,18);1H. The average Bonchev–Trinajstić information content (AvgIpc) is 2.45. The minimum atomic E-state index is -3.68. The Morgan fingerprint density at radius 2 is 2.05 bits per heavy atom. The Morgan fingerprint density at radius 3 is 2.64 bits per heavy atom. The number of guanidine groups is 1. The van der Waals surface area contributed by atoms with Gasteiger partial charge in [0.05, 0.1) is 12.3 Å². The van der Waals surface area contributed by atoms with Crippen molar-refractivity contribution in [2.24, 2.45) is 4.99 Å². The molecule has 1 aromatic carbocycles. The van der Waals surface area contributed by atoms with Gasteiger partial charge in [-0.15, -0.1) is 30.6 Å². The molecule has 0 atom stereocenters. The number of halogens is 2. The Kier molecular flexibility index (Phi) is 9.99. The molecule has 0 aliphatic carbocycles. The lowest BCUT2D eigenvalue weighted by Gasteiger charge is -2.09. The van der Waals surface area contributed by atoms with Crippen molar-refractivity contribution in [1.82, 2.24) is 10.6 Å². The van der Waals surface area contributed by atoms with Gasteiger partial charge in [-0.1, -0.05) is 18.2 Å². The van der Waals surface area contributed by atoms with Gasteiger partial charge in [0.1, 0.15) is 10.7 Å². The quantitative estimate of drug-likeness (QED) is 0.294. The minimum absolute atomic E-state index is 0. The van der Waals surface area contributed by atoms with Gasteiger partial charge in [-0.05, 0) is 19.1 Å². The van der Waals surface area contributed by atoms with Gasteiger partial charge in [-0.25, -0.2) is 12.8 Å². The van der Waals surface area contributed by atoms with E-state index in [1.54, 1.807) is 6.08 Å². The third-order valence-corrected chi connectivity index (χ3v) is 4.28. The number of sulfone groups is 1. The van der Waals surface area contributed by atoms with Crippen LogP contribution in [0.3, 0.4) is 0 Å². The fourth-order valence-corrected chi connectivity index (χ4v) is 2.80. The first-order valence-corrected chi connectivity index (χ1v) is 8.27. The summed E-state index contributed by atoms with van der Waals surface area (Å²) in [6, 6.07) is 5.34. The Hall–Kier alpha value is -1.16. The molecule has 0 aliphatic rings. The van der Waals surface area contributed by atoms with E-state index in [9.17, 15) is 12.8 Å². The maximum absolute atomic E-state index is 13.5. The van der Waals surface area contributed by atoms with Gasteiger partial charge in [0, 0.05) is 13.1 Å². The monoisotopic (exact) mass is 441 g/mol. The molecule has 1 rings (SSSR count). The molecule has 0 unspecified atom stereocenters. The lowest BCUT2D eigenvalue weighted by atomic mass is 10.3. The molecule has 0 fully saturated rings. The van der Waals surface area contributed by atoms with Crippen molar-refractivity contribution in [3.63, 3.8) is 0 Å². The molecule has 0 aliphatic heterocycles. The van der Waals surface area contributed by atoms with Gasteiger partial charge in [0.15, 0.2) is 15.8 Å². The topological polar surface area (TPSA) is 70.6 Å². The highest BCUT2D eigenvalue weighted by Gasteiger charge is 2.18. The van der Waals surface area contributed by atoms with Crippen LogP contribution >= 0.6 is 24.0 Å². The summed E-state index contributed by atoms with van der Waals surface area (Å²) in [5.41, 5.74) is 0. The zero-order valence-electron chi connectivity index (χ0n) is 12.4. The van der Waals surface area contributed by atoms with E-state index in [2.05, 4.69) is 22.2 Å². The van der Waals surface area contributed by atoms with E-state index in [4.69, 9.17) is 0 Å². The molecule has 124 valence electrons. The Labute approximate surface area is 148 Å². The van der Waals surface area contributed by atoms with Gasteiger partial charge in [-0.3, -0.25) is 4.99 Å². The Bertz CT molecular complexity index is 606. The number of aliphatic imine (C=N–C) groups is 1. The third-order valence-electron chi connectivity index (χ3n) is 2.56. The summed E-state index contributed by atoms with van der Waals surface area (Å²) in [6.07, 6.45) is 1.67. The molecule has 0 spiro atoms. The van der Waals surface area contributed by atoms with Crippen molar-refractivity contribution in [2.45, 2.75) is 11.8 Å². The smallest absolute Gasteiger partial charge is 0.191 e. The number of hydrogen-bond donors (Lipinski definition) is 2. The highest BCUT2D eigenvalue weighted by atomic mass is 127. The van der Waals surface area contributed by atoms with E-state index in [1.165, 1.54) is 18.2 Å². The van der Waals surface area contributed by atoms with E-state index in [-0.39, 0.29) is 41.2 Å². The van der Waals surface area contributed by atoms with Crippen molar-refractivity contribution in [2.75, 3.05) is 25.4 Å².